The second-order valence-electron chi connectivity index (χ2n) is 8.12. The van der Waals surface area contributed by atoms with E-state index in [-0.39, 0.29) is 25.0 Å². The van der Waals surface area contributed by atoms with Crippen molar-refractivity contribution in [2.75, 3.05) is 13.1 Å². The number of halogens is 4. The molecule has 0 spiro atoms. The highest BCUT2D eigenvalue weighted by Gasteiger charge is 2.42. The fourth-order valence-corrected chi connectivity index (χ4v) is 4.07. The van der Waals surface area contributed by atoms with Crippen molar-refractivity contribution in [2.45, 2.75) is 32.0 Å². The Balaban J connectivity index is 1.49. The zero-order chi connectivity index (χ0) is 24.5. The normalized spacial score (nSPS) is 14.8. The molecule has 34 heavy (non-hydrogen) atoms. The number of alkyl halides is 3. The minimum atomic E-state index is -4.93. The number of piperidine rings is 1. The molecule has 1 N–H and O–H groups in total. The molecule has 0 saturated carbocycles. The van der Waals surface area contributed by atoms with Gasteiger partial charge in [0.15, 0.2) is 5.69 Å². The van der Waals surface area contributed by atoms with Crippen LogP contribution in [0.4, 0.5) is 17.6 Å². The Morgan fingerprint density at radius 1 is 1.00 bits per heavy atom. The number of likely N-dealkylation sites (tertiary alicyclic amines) is 1. The fourth-order valence-electron chi connectivity index (χ4n) is 4.07. The van der Waals surface area contributed by atoms with E-state index >= 15 is 0 Å². The van der Waals surface area contributed by atoms with Crippen LogP contribution in [0.1, 0.15) is 44.8 Å². The van der Waals surface area contributed by atoms with Crippen LogP contribution in [0.3, 0.4) is 0 Å². The van der Waals surface area contributed by atoms with E-state index in [9.17, 15) is 27.2 Å². The number of carbonyl (C=O) groups excluding carboxylic acids is 2. The molecule has 1 fully saturated rings. The standard InChI is InChI=1S/C24H22F4N4O2/c1-15-6-2-3-7-17(15)22(33)30-16-10-12-31(13-11-16)23(34)18-14-29-32(21(18)24(26,27)28)20-9-5-4-8-19(20)25/h2-9,14,16H,10-13H2,1H3,(H,30,33). The zero-order valence-corrected chi connectivity index (χ0v) is 18.3. The van der Waals surface area contributed by atoms with Crippen LogP contribution in [0, 0.1) is 12.7 Å². The van der Waals surface area contributed by atoms with Crippen LogP contribution in [0.2, 0.25) is 0 Å². The van der Waals surface area contributed by atoms with Crippen LogP contribution < -0.4 is 5.32 Å². The molecule has 0 atom stereocenters. The Morgan fingerprint density at radius 3 is 2.29 bits per heavy atom. The maximum atomic E-state index is 14.1. The van der Waals surface area contributed by atoms with Gasteiger partial charge in [0.1, 0.15) is 11.5 Å². The first-order valence-electron chi connectivity index (χ1n) is 10.7. The Bertz CT molecular complexity index is 1210. The lowest BCUT2D eigenvalue weighted by Crippen LogP contribution is -2.46. The zero-order valence-electron chi connectivity index (χ0n) is 18.3. The molecule has 4 rings (SSSR count). The van der Waals surface area contributed by atoms with Crippen molar-refractivity contribution < 1.29 is 27.2 Å². The number of aromatic nitrogens is 2. The highest BCUT2D eigenvalue weighted by atomic mass is 19.4. The molecule has 10 heteroatoms. The van der Waals surface area contributed by atoms with Crippen molar-refractivity contribution in [1.29, 1.82) is 0 Å². The Morgan fingerprint density at radius 2 is 1.65 bits per heavy atom. The van der Waals surface area contributed by atoms with Crippen molar-refractivity contribution in [2.24, 2.45) is 0 Å². The summed E-state index contributed by atoms with van der Waals surface area (Å²) in [6.45, 7) is 2.16. The lowest BCUT2D eigenvalue weighted by Gasteiger charge is -2.32. The summed E-state index contributed by atoms with van der Waals surface area (Å²) >= 11 is 0. The third-order valence-corrected chi connectivity index (χ3v) is 5.86. The predicted octanol–water partition coefficient (Wildman–Crippen LogP) is 4.37. The maximum Gasteiger partial charge on any atom is 0.434 e. The molecule has 2 heterocycles. The lowest BCUT2D eigenvalue weighted by molar-refractivity contribution is -0.143. The first kappa shape index (κ1) is 23.5. The maximum absolute atomic E-state index is 14.1. The van der Waals surface area contributed by atoms with Crippen LogP contribution in [0.15, 0.2) is 54.7 Å². The van der Waals surface area contributed by atoms with Crippen molar-refractivity contribution in [3.8, 4) is 5.69 Å². The van der Waals surface area contributed by atoms with Gasteiger partial charge in [-0.2, -0.15) is 18.3 Å². The fraction of sp³-hybridized carbons (Fsp3) is 0.292. The molecule has 178 valence electrons. The largest absolute Gasteiger partial charge is 0.434 e. The molecule has 1 aliphatic rings. The number of aryl methyl sites for hydroxylation is 1. The van der Waals surface area contributed by atoms with Crippen molar-refractivity contribution in [1.82, 2.24) is 20.0 Å². The number of hydrogen-bond acceptors (Lipinski definition) is 3. The molecular weight excluding hydrogens is 452 g/mol. The summed E-state index contributed by atoms with van der Waals surface area (Å²) in [5.74, 6) is -1.95. The molecule has 0 bridgehead atoms. The number of para-hydroxylation sites is 1. The van der Waals surface area contributed by atoms with Gasteiger partial charge in [0, 0.05) is 24.7 Å². The lowest BCUT2D eigenvalue weighted by atomic mass is 10.0. The van der Waals surface area contributed by atoms with Gasteiger partial charge in [-0.3, -0.25) is 9.59 Å². The second-order valence-corrected chi connectivity index (χ2v) is 8.12. The van der Waals surface area contributed by atoms with E-state index in [0.29, 0.717) is 23.1 Å². The average Bonchev–Trinajstić information content (AvgIpc) is 3.25. The van der Waals surface area contributed by atoms with E-state index < -0.39 is 34.8 Å². The van der Waals surface area contributed by atoms with Gasteiger partial charge in [0.2, 0.25) is 0 Å². The SMILES string of the molecule is Cc1ccccc1C(=O)NC1CCN(C(=O)c2cnn(-c3ccccc3F)c2C(F)(F)F)CC1. The van der Waals surface area contributed by atoms with Gasteiger partial charge < -0.3 is 10.2 Å². The van der Waals surface area contributed by atoms with E-state index in [0.717, 1.165) is 23.9 Å². The summed E-state index contributed by atoms with van der Waals surface area (Å²) < 4.78 is 56.2. The Kier molecular flexibility index (Phi) is 6.41. The van der Waals surface area contributed by atoms with Gasteiger partial charge in [-0.25, -0.2) is 9.07 Å². The van der Waals surface area contributed by atoms with E-state index in [1.54, 1.807) is 12.1 Å². The number of nitrogens with zero attached hydrogens (tertiary/aromatic N) is 3. The quantitative estimate of drug-likeness (QED) is 0.571. The number of rotatable bonds is 4. The summed E-state index contributed by atoms with van der Waals surface area (Å²) in [6.07, 6.45) is -3.31. The molecule has 1 aromatic heterocycles. The minimum absolute atomic E-state index is 0.166. The van der Waals surface area contributed by atoms with Gasteiger partial charge in [-0.1, -0.05) is 30.3 Å². The molecule has 1 aliphatic heterocycles. The Hall–Kier alpha value is -3.69. The van der Waals surface area contributed by atoms with Gasteiger partial charge in [0.25, 0.3) is 11.8 Å². The third-order valence-electron chi connectivity index (χ3n) is 5.86. The van der Waals surface area contributed by atoms with E-state index in [4.69, 9.17) is 0 Å². The number of nitrogens with one attached hydrogen (secondary N) is 1. The molecule has 2 amide bonds. The minimum Gasteiger partial charge on any atom is -0.349 e. The number of amides is 2. The van der Waals surface area contributed by atoms with Crippen LogP contribution in [0.25, 0.3) is 5.69 Å². The van der Waals surface area contributed by atoms with Gasteiger partial charge in [0.05, 0.1) is 11.8 Å². The molecule has 0 aliphatic carbocycles. The number of benzene rings is 2. The first-order valence-corrected chi connectivity index (χ1v) is 10.7. The smallest absolute Gasteiger partial charge is 0.349 e. The summed E-state index contributed by atoms with van der Waals surface area (Å²) in [7, 11) is 0. The highest BCUT2D eigenvalue weighted by Crippen LogP contribution is 2.35. The van der Waals surface area contributed by atoms with E-state index in [1.807, 2.05) is 19.1 Å². The topological polar surface area (TPSA) is 67.2 Å². The van der Waals surface area contributed by atoms with Crippen LogP contribution in [-0.4, -0.2) is 45.6 Å². The monoisotopic (exact) mass is 474 g/mol. The van der Waals surface area contributed by atoms with E-state index in [1.165, 1.54) is 17.0 Å². The third kappa shape index (κ3) is 4.66. The molecule has 1 saturated heterocycles. The predicted molar refractivity (Wildman–Crippen MR) is 116 cm³/mol. The molecular formula is C24H22F4N4O2. The van der Waals surface area contributed by atoms with Crippen LogP contribution in [0.5, 0.6) is 0 Å². The molecule has 0 unspecified atom stereocenters. The summed E-state index contributed by atoms with van der Waals surface area (Å²) in [4.78, 5) is 26.8. The van der Waals surface area contributed by atoms with Gasteiger partial charge in [-0.15, -0.1) is 0 Å². The second kappa shape index (κ2) is 9.28. The number of hydrogen-bond donors (Lipinski definition) is 1. The van der Waals surface area contributed by atoms with Gasteiger partial charge >= 0.3 is 6.18 Å². The molecule has 2 aromatic carbocycles. The molecule has 3 aromatic rings. The highest BCUT2D eigenvalue weighted by molar-refractivity contribution is 5.96. The van der Waals surface area contributed by atoms with Gasteiger partial charge in [-0.05, 0) is 43.5 Å². The van der Waals surface area contributed by atoms with Crippen molar-refractivity contribution in [3.05, 3.63) is 82.9 Å². The molecule has 0 radical (unpaired) electrons. The van der Waals surface area contributed by atoms with E-state index in [2.05, 4.69) is 10.4 Å². The molecule has 6 nitrogen and oxygen atoms in total. The summed E-state index contributed by atoms with van der Waals surface area (Å²) in [6, 6.07) is 11.9. The van der Waals surface area contributed by atoms with Crippen LogP contribution >= 0.6 is 0 Å². The number of carbonyl (C=O) groups is 2. The Labute approximate surface area is 193 Å². The first-order chi connectivity index (χ1) is 16.2. The summed E-state index contributed by atoms with van der Waals surface area (Å²) in [5.41, 5.74) is -0.974. The summed E-state index contributed by atoms with van der Waals surface area (Å²) in [5, 5.41) is 6.61. The van der Waals surface area contributed by atoms with Crippen molar-refractivity contribution in [3.63, 3.8) is 0 Å². The average molecular weight is 474 g/mol. The van der Waals surface area contributed by atoms with Crippen LogP contribution in [-0.2, 0) is 6.18 Å². The van der Waals surface area contributed by atoms with Crippen molar-refractivity contribution >= 4 is 11.8 Å².